The SMILES string of the molecule is CCCCCCCOc1ccc(C(=O)Oc2ccc(CN(CC(=O)O)C(=O)c3ccc(NC(=O)Cc4ccc(N(N=N)C(C)=N)cc4)cc3)cc2)cc1. The topological polar surface area (TPSA) is 186 Å². The summed E-state index contributed by atoms with van der Waals surface area (Å²) in [4.78, 5) is 51.6. The number of anilines is 2. The van der Waals surface area contributed by atoms with E-state index >= 15 is 0 Å². The zero-order chi connectivity index (χ0) is 38.2. The van der Waals surface area contributed by atoms with Crippen LogP contribution in [0.3, 0.4) is 0 Å². The number of esters is 1. The second-order valence-electron chi connectivity index (χ2n) is 12.3. The number of carbonyl (C=O) groups excluding carboxylic acids is 3. The molecule has 0 unspecified atom stereocenters. The second kappa shape index (κ2) is 19.9. The highest BCUT2D eigenvalue weighted by Crippen LogP contribution is 2.20. The number of carboxylic acids is 1. The number of amidine groups is 1. The van der Waals surface area contributed by atoms with Gasteiger partial charge in [-0.2, -0.15) is 5.53 Å². The van der Waals surface area contributed by atoms with E-state index in [4.69, 9.17) is 20.4 Å². The molecule has 0 saturated carbocycles. The van der Waals surface area contributed by atoms with Crippen molar-refractivity contribution in [2.75, 3.05) is 23.5 Å². The molecular formula is C40H44N6O7. The maximum absolute atomic E-state index is 13.4. The highest BCUT2D eigenvalue weighted by Gasteiger charge is 2.20. The van der Waals surface area contributed by atoms with Crippen LogP contribution in [0.5, 0.6) is 11.5 Å². The lowest BCUT2D eigenvalue weighted by atomic mass is 10.1. The fourth-order valence-electron chi connectivity index (χ4n) is 5.35. The molecule has 276 valence electrons. The zero-order valence-corrected chi connectivity index (χ0v) is 29.8. The van der Waals surface area contributed by atoms with Crippen molar-refractivity contribution in [3.05, 3.63) is 119 Å². The monoisotopic (exact) mass is 720 g/mol. The lowest BCUT2D eigenvalue weighted by molar-refractivity contribution is -0.137. The van der Waals surface area contributed by atoms with Crippen molar-refractivity contribution in [3.8, 4) is 11.5 Å². The zero-order valence-electron chi connectivity index (χ0n) is 29.8. The number of nitrogens with one attached hydrogen (secondary N) is 3. The van der Waals surface area contributed by atoms with E-state index in [1.165, 1.54) is 43.2 Å². The Morgan fingerprint density at radius 3 is 1.98 bits per heavy atom. The Balaban J connectivity index is 1.29. The van der Waals surface area contributed by atoms with E-state index in [0.717, 1.165) is 17.9 Å². The molecule has 0 bridgehead atoms. The molecule has 2 amide bonds. The van der Waals surface area contributed by atoms with Crippen LogP contribution in [-0.2, 0) is 22.6 Å². The van der Waals surface area contributed by atoms with Crippen LogP contribution in [0.4, 0.5) is 11.4 Å². The number of carboxylic acid groups (broad SMARTS) is 1. The van der Waals surface area contributed by atoms with Gasteiger partial charge in [-0.3, -0.25) is 19.8 Å². The van der Waals surface area contributed by atoms with Crippen LogP contribution >= 0.6 is 0 Å². The third-order valence-corrected chi connectivity index (χ3v) is 8.11. The van der Waals surface area contributed by atoms with Crippen molar-refractivity contribution in [2.45, 2.75) is 58.9 Å². The number of hydrogen-bond donors (Lipinski definition) is 4. The molecule has 4 aromatic carbocycles. The first kappa shape index (κ1) is 39.4. The molecule has 0 spiro atoms. The fourth-order valence-corrected chi connectivity index (χ4v) is 5.35. The first-order chi connectivity index (χ1) is 25.6. The van der Waals surface area contributed by atoms with Gasteiger partial charge in [0.1, 0.15) is 23.9 Å². The summed E-state index contributed by atoms with van der Waals surface area (Å²) in [6.45, 7) is 3.76. The van der Waals surface area contributed by atoms with Gasteiger partial charge in [0.15, 0.2) is 0 Å². The van der Waals surface area contributed by atoms with Gasteiger partial charge < -0.3 is 24.8 Å². The summed E-state index contributed by atoms with van der Waals surface area (Å²) in [5, 5.41) is 24.4. The van der Waals surface area contributed by atoms with E-state index < -0.39 is 24.4 Å². The maximum Gasteiger partial charge on any atom is 0.343 e. The summed E-state index contributed by atoms with van der Waals surface area (Å²) in [5.41, 5.74) is 10.1. The Hall–Kier alpha value is -6.37. The van der Waals surface area contributed by atoms with Crippen molar-refractivity contribution in [3.63, 3.8) is 0 Å². The van der Waals surface area contributed by atoms with E-state index in [-0.39, 0.29) is 30.3 Å². The van der Waals surface area contributed by atoms with Crippen LogP contribution in [-0.4, -0.2) is 52.7 Å². The molecule has 0 fully saturated rings. The van der Waals surface area contributed by atoms with Crippen LogP contribution in [0.25, 0.3) is 0 Å². The number of ether oxygens (including phenoxy) is 2. The van der Waals surface area contributed by atoms with Crippen LogP contribution < -0.4 is 19.8 Å². The van der Waals surface area contributed by atoms with Gasteiger partial charge in [-0.15, -0.1) is 0 Å². The smallest absolute Gasteiger partial charge is 0.343 e. The molecule has 4 aromatic rings. The Bertz CT molecular complexity index is 1860. The summed E-state index contributed by atoms with van der Waals surface area (Å²) in [6.07, 6.45) is 5.79. The molecule has 0 aromatic heterocycles. The number of unbranched alkanes of at least 4 members (excludes halogenated alkanes) is 4. The molecule has 13 nitrogen and oxygen atoms in total. The van der Waals surface area contributed by atoms with Gasteiger partial charge in [0, 0.05) is 17.8 Å². The minimum Gasteiger partial charge on any atom is -0.494 e. The molecule has 13 heteroatoms. The molecule has 4 rings (SSSR count). The van der Waals surface area contributed by atoms with Crippen molar-refractivity contribution in [1.29, 1.82) is 10.9 Å². The Morgan fingerprint density at radius 1 is 0.774 bits per heavy atom. The van der Waals surface area contributed by atoms with Gasteiger partial charge in [-0.05, 0) is 97.3 Å². The lowest BCUT2D eigenvalue weighted by Crippen LogP contribution is -2.35. The predicted molar refractivity (Wildman–Crippen MR) is 201 cm³/mol. The van der Waals surface area contributed by atoms with E-state index in [0.29, 0.717) is 46.2 Å². The van der Waals surface area contributed by atoms with Gasteiger partial charge in [0.2, 0.25) is 5.91 Å². The number of benzene rings is 4. The molecule has 0 radical (unpaired) electrons. The average Bonchev–Trinajstić information content (AvgIpc) is 3.14. The number of nitrogens with zero attached hydrogens (tertiary/aromatic N) is 3. The third kappa shape index (κ3) is 12.4. The van der Waals surface area contributed by atoms with Crippen molar-refractivity contribution in [2.24, 2.45) is 5.22 Å². The van der Waals surface area contributed by atoms with Gasteiger partial charge in [0.05, 0.1) is 24.3 Å². The van der Waals surface area contributed by atoms with Crippen molar-refractivity contribution >= 4 is 41.0 Å². The molecule has 0 saturated heterocycles. The van der Waals surface area contributed by atoms with E-state index in [9.17, 15) is 24.3 Å². The van der Waals surface area contributed by atoms with E-state index in [2.05, 4.69) is 17.5 Å². The average molecular weight is 721 g/mol. The standard InChI is InChI=1S/C40H44N6O7/c1-3-4-5-6-7-24-52-35-22-14-32(15-23-35)40(51)53-36-20-10-30(11-21-36)26-45(27-38(48)49)39(50)31-12-16-33(17-13-31)43-37(47)25-29-8-18-34(19-9-29)46(44-42)28(2)41/h8-23,41-42H,3-7,24-27H2,1-2H3,(H,43,47)(H,48,49). The highest BCUT2D eigenvalue weighted by atomic mass is 16.5. The quantitative estimate of drug-likeness (QED) is 0.0143. The number of aliphatic carboxylic acids is 1. The van der Waals surface area contributed by atoms with Gasteiger partial charge in [-0.1, -0.05) is 62.1 Å². The molecule has 0 atom stereocenters. The van der Waals surface area contributed by atoms with Crippen LogP contribution in [0, 0.1) is 10.9 Å². The van der Waals surface area contributed by atoms with Crippen molar-refractivity contribution in [1.82, 2.24) is 4.90 Å². The summed E-state index contributed by atoms with van der Waals surface area (Å²) in [5.74, 6) is -1.47. The molecule has 0 heterocycles. The van der Waals surface area contributed by atoms with E-state index in [1.54, 1.807) is 84.9 Å². The van der Waals surface area contributed by atoms with Gasteiger partial charge in [-0.25, -0.2) is 9.80 Å². The van der Waals surface area contributed by atoms with Gasteiger partial charge >= 0.3 is 11.9 Å². The largest absolute Gasteiger partial charge is 0.494 e. The summed E-state index contributed by atoms with van der Waals surface area (Å²) >= 11 is 0. The number of carbonyl (C=O) groups is 4. The molecule has 0 aliphatic rings. The molecule has 53 heavy (non-hydrogen) atoms. The first-order valence-electron chi connectivity index (χ1n) is 17.3. The maximum atomic E-state index is 13.4. The van der Waals surface area contributed by atoms with Crippen LogP contribution in [0.1, 0.15) is 77.8 Å². The first-order valence-corrected chi connectivity index (χ1v) is 17.3. The normalized spacial score (nSPS) is 10.5. The minimum absolute atomic E-state index is 0.0102. The molecule has 0 aliphatic carbocycles. The van der Waals surface area contributed by atoms with Gasteiger partial charge in [0.25, 0.3) is 5.91 Å². The molecule has 4 N–H and O–H groups in total. The minimum atomic E-state index is -1.18. The summed E-state index contributed by atoms with van der Waals surface area (Å²) in [6, 6.07) is 26.1. The summed E-state index contributed by atoms with van der Waals surface area (Å²) in [7, 11) is 0. The number of amides is 2. The highest BCUT2D eigenvalue weighted by molar-refractivity contribution is 5.97. The fraction of sp³-hybridized carbons (Fsp3) is 0.275. The Labute approximate surface area is 308 Å². The third-order valence-electron chi connectivity index (χ3n) is 8.11. The number of hydrogen-bond acceptors (Lipinski definition) is 9. The van der Waals surface area contributed by atoms with Crippen molar-refractivity contribution < 1.29 is 33.8 Å². The summed E-state index contributed by atoms with van der Waals surface area (Å²) < 4.78 is 11.3. The molecule has 0 aliphatic heterocycles. The Morgan fingerprint density at radius 2 is 1.38 bits per heavy atom. The van der Waals surface area contributed by atoms with Crippen LogP contribution in [0.15, 0.2) is 102 Å². The predicted octanol–water partition coefficient (Wildman–Crippen LogP) is 7.91. The lowest BCUT2D eigenvalue weighted by Gasteiger charge is -2.21. The number of rotatable bonds is 19. The van der Waals surface area contributed by atoms with E-state index in [1.807, 2.05) is 0 Å². The van der Waals surface area contributed by atoms with Crippen LogP contribution in [0.2, 0.25) is 0 Å². The second-order valence-corrected chi connectivity index (χ2v) is 12.3. The Kier molecular flexibility index (Phi) is 14.8. The molecular weight excluding hydrogens is 676 g/mol.